The van der Waals surface area contributed by atoms with Crippen molar-refractivity contribution in [1.82, 2.24) is 16.0 Å². The van der Waals surface area contributed by atoms with Gasteiger partial charge in [-0.3, -0.25) is 0 Å². The maximum absolute atomic E-state index is 11.0. The number of urea groups is 1. The highest BCUT2D eigenvalue weighted by atomic mass is 128. The molecule has 0 aromatic rings. The molecule has 0 fully saturated rings. The van der Waals surface area contributed by atoms with Crippen molar-refractivity contribution >= 4 is 43.3 Å². The van der Waals surface area contributed by atoms with Gasteiger partial charge in [-0.2, -0.15) is 0 Å². The Balaban J connectivity index is -0.0000000617. The van der Waals surface area contributed by atoms with Crippen LogP contribution in [0.2, 0.25) is 0 Å². The van der Waals surface area contributed by atoms with Gasteiger partial charge in [0.2, 0.25) is 0 Å². The summed E-state index contributed by atoms with van der Waals surface area (Å²) in [6.45, 7) is 41.0. The molecular formula is C38H91I2N3O. The molecule has 0 saturated carbocycles. The van der Waals surface area contributed by atoms with Crippen molar-refractivity contribution in [2.24, 2.45) is 29.1 Å². The molecule has 0 aliphatic carbocycles. The lowest BCUT2D eigenvalue weighted by Crippen LogP contribution is -2.39. The van der Waals surface area contributed by atoms with Crippen molar-refractivity contribution in [1.29, 1.82) is 0 Å². The predicted molar refractivity (Wildman–Crippen MR) is 229 cm³/mol. The summed E-state index contributed by atoms with van der Waals surface area (Å²) in [7, 11) is 0. The molecule has 278 valence electrons. The van der Waals surface area contributed by atoms with Crippen molar-refractivity contribution in [2.45, 2.75) is 203 Å². The third-order valence-corrected chi connectivity index (χ3v) is 7.25. The second-order valence-electron chi connectivity index (χ2n) is 13.4. The molecule has 0 spiro atoms. The maximum atomic E-state index is 11.0. The van der Waals surface area contributed by atoms with Crippen LogP contribution in [0.25, 0.3) is 0 Å². The van der Waals surface area contributed by atoms with Crippen LogP contribution in [0.3, 0.4) is 0 Å². The highest BCUT2D eigenvalue weighted by molar-refractivity contribution is 15.0. The van der Waals surface area contributed by atoms with Crippen LogP contribution in [-0.4, -0.2) is 31.2 Å². The lowest BCUT2D eigenvalue weighted by atomic mass is 9.76. The number of hydrogen-bond acceptors (Lipinski definition) is 2. The Morgan fingerprint density at radius 1 is 0.568 bits per heavy atom. The zero-order valence-corrected chi connectivity index (χ0v) is 36.5. The molecule has 0 bridgehead atoms. The van der Waals surface area contributed by atoms with Crippen molar-refractivity contribution in [3.63, 3.8) is 0 Å². The van der Waals surface area contributed by atoms with Crippen LogP contribution in [0, 0.1) is 29.1 Å². The third-order valence-electron chi connectivity index (χ3n) is 7.25. The van der Waals surface area contributed by atoms with E-state index < -0.39 is 0 Å². The van der Waals surface area contributed by atoms with Gasteiger partial charge in [-0.15, -0.1) is 0 Å². The number of rotatable bonds is 14. The molecule has 6 heteroatoms. The summed E-state index contributed by atoms with van der Waals surface area (Å²) < 4.78 is 0. The Morgan fingerprint density at radius 2 is 0.864 bits per heavy atom. The molecule has 3 N–H and O–H groups in total. The van der Waals surface area contributed by atoms with Gasteiger partial charge in [-0.1, -0.05) is 184 Å². The second kappa shape index (κ2) is 48.1. The summed E-state index contributed by atoms with van der Waals surface area (Å²) in [5.74, 6) is 2.84. The summed E-state index contributed by atoms with van der Waals surface area (Å²) >= 11 is 4.24. The summed E-state index contributed by atoms with van der Waals surface area (Å²) in [6, 6.07) is 1.19. The predicted octanol–water partition coefficient (Wildman–Crippen LogP) is 14.5. The van der Waals surface area contributed by atoms with Gasteiger partial charge in [0.15, 0.2) is 0 Å². The number of carbonyl (C=O) groups is 1. The number of hydrogen-bond donors (Lipinski definition) is 3. The average Bonchev–Trinajstić information content (AvgIpc) is 2.95. The lowest BCUT2D eigenvalue weighted by Gasteiger charge is -2.29. The molecule has 0 aliphatic rings. The summed E-state index contributed by atoms with van der Waals surface area (Å²) in [4.78, 5) is 11.0. The molecule has 0 atom stereocenters. The highest BCUT2D eigenvalue weighted by Crippen LogP contribution is 2.35. The van der Waals surface area contributed by atoms with Crippen molar-refractivity contribution in [2.75, 3.05) is 13.1 Å². The maximum Gasteiger partial charge on any atom is 0.314 e. The first-order valence-electron chi connectivity index (χ1n) is 17.4. The van der Waals surface area contributed by atoms with Gasteiger partial charge < -0.3 is 16.0 Å². The topological polar surface area (TPSA) is 53.2 Å². The Hall–Kier alpha value is 0.690. The molecule has 0 heterocycles. The van der Waals surface area contributed by atoms with Gasteiger partial charge >= 0.3 is 6.03 Å². The molecule has 0 rings (SSSR count). The lowest BCUT2D eigenvalue weighted by molar-refractivity contribution is 0.226. The summed E-state index contributed by atoms with van der Waals surface area (Å²) in [5.41, 5.74) is 0.675. The minimum atomic E-state index is -0.0580. The quantitative estimate of drug-likeness (QED) is 0.152. The fraction of sp³-hybridized carbons (Fsp3) is 0.974. The largest absolute Gasteiger partial charge is 0.338 e. The van der Waals surface area contributed by atoms with Crippen LogP contribution in [0.4, 0.5) is 4.79 Å². The van der Waals surface area contributed by atoms with E-state index in [9.17, 15) is 4.79 Å². The van der Waals surface area contributed by atoms with Crippen LogP contribution < -0.4 is 16.0 Å². The molecule has 0 aliphatic heterocycles. The Labute approximate surface area is 307 Å². The van der Waals surface area contributed by atoms with Gasteiger partial charge in [0, 0.05) is 62.4 Å². The zero-order valence-electron chi connectivity index (χ0n) is 32.2. The minimum absolute atomic E-state index is 0. The Morgan fingerprint density at radius 3 is 0.955 bits per heavy atom. The second-order valence-corrected chi connectivity index (χ2v) is 13.4. The van der Waals surface area contributed by atoms with E-state index in [4.69, 9.17) is 0 Å². The van der Waals surface area contributed by atoms with Crippen LogP contribution in [0.15, 0.2) is 0 Å². The Bertz CT molecular complexity index is 448. The monoisotopic (exact) mass is 860 g/mol. The van der Waals surface area contributed by atoms with E-state index in [1.54, 1.807) is 0 Å². The van der Waals surface area contributed by atoms with Gasteiger partial charge in [0.1, 0.15) is 0 Å². The molecular weight excluding hydrogens is 768 g/mol. The zero-order chi connectivity index (χ0) is 34.7. The fourth-order valence-corrected chi connectivity index (χ4v) is 3.42. The molecule has 0 aromatic carbocycles. The number of carbonyl (C=O) groups excluding carboxylic acids is 1. The normalized spacial score (nSPS) is 9.95. The van der Waals surface area contributed by atoms with Gasteiger partial charge in [0.25, 0.3) is 0 Å². The molecule has 4 nitrogen and oxygen atoms in total. The van der Waals surface area contributed by atoms with E-state index in [1.807, 2.05) is 0 Å². The van der Waals surface area contributed by atoms with Gasteiger partial charge in [-0.25, -0.2) is 4.79 Å². The first-order chi connectivity index (χ1) is 19.5. The first-order valence-corrected chi connectivity index (χ1v) is 23.7. The van der Waals surface area contributed by atoms with E-state index in [0.29, 0.717) is 29.3 Å². The molecule has 2 amide bonds. The minimum Gasteiger partial charge on any atom is -0.338 e. The van der Waals surface area contributed by atoms with Crippen LogP contribution in [0.5, 0.6) is 0 Å². The molecule has 0 unspecified atom stereocenters. The fourth-order valence-electron chi connectivity index (χ4n) is 3.42. The summed E-state index contributed by atoms with van der Waals surface area (Å²) in [6.07, 6.45) is 10.8. The van der Waals surface area contributed by atoms with E-state index >= 15 is 0 Å². The van der Waals surface area contributed by atoms with E-state index in [2.05, 4.69) is 178 Å². The third kappa shape index (κ3) is 65.4. The van der Waals surface area contributed by atoms with E-state index in [1.165, 1.54) is 51.4 Å². The molecule has 0 radical (unpaired) electrons. The van der Waals surface area contributed by atoms with Gasteiger partial charge in [0.05, 0.1) is 0 Å². The van der Waals surface area contributed by atoms with Crippen LogP contribution >= 0.6 is 37.2 Å². The molecule has 0 saturated heterocycles. The average molecular weight is 860 g/mol. The van der Waals surface area contributed by atoms with Gasteiger partial charge in [-0.05, 0) is 35.5 Å². The standard InChI is InChI=1S/C10H22.C9H20N2O.C6H15N.C6H14.C5H12.2CH4.I2/c1-5-9-10(6-2,7-3)8-4;1-7(2)5-10-9(12)11-6-8(3)4;1-5(2)7-6(3)4;1-4-6(3)5-2;1-4-5(2)3;;;1-2/h5-9H2,1-4H3;7-8H,5-6H2,1-4H3,(H2,10,11,12);5-7H,1-4H3;6H,4-5H2,1-3H3;5H,4H2,1-3H3;2*1H4;. The number of amides is 2. The number of nitrogens with one attached hydrogen (secondary N) is 3. The highest BCUT2D eigenvalue weighted by Gasteiger charge is 2.21. The first kappa shape index (κ1) is 63.4. The van der Waals surface area contributed by atoms with Crippen molar-refractivity contribution < 1.29 is 4.79 Å². The Kier molecular flexibility index (Phi) is 69.3. The summed E-state index contributed by atoms with van der Waals surface area (Å²) in [5, 5.41) is 8.88. The molecule has 44 heavy (non-hydrogen) atoms. The van der Waals surface area contributed by atoms with E-state index in [-0.39, 0.29) is 20.9 Å². The van der Waals surface area contributed by atoms with Crippen LogP contribution in [-0.2, 0) is 0 Å². The van der Waals surface area contributed by atoms with Crippen molar-refractivity contribution in [3.05, 3.63) is 0 Å². The SMILES string of the molecule is C.C.CC(C)CNC(=O)NCC(C)C.CC(C)NC(C)C.CCC(C)C.CCC(C)CC.CCCC(CC)(CC)CC.II. The smallest absolute Gasteiger partial charge is 0.314 e. The van der Waals surface area contributed by atoms with Crippen LogP contribution in [0.1, 0.15) is 191 Å². The molecule has 0 aromatic heterocycles. The van der Waals surface area contributed by atoms with E-state index in [0.717, 1.165) is 24.9 Å². The number of halogens is 2. The van der Waals surface area contributed by atoms with Crippen molar-refractivity contribution in [3.8, 4) is 0 Å².